The van der Waals surface area contributed by atoms with Gasteiger partial charge in [0.1, 0.15) is 0 Å². The van der Waals surface area contributed by atoms with E-state index in [4.69, 9.17) is 10.6 Å². The third-order valence-corrected chi connectivity index (χ3v) is 4.65. The summed E-state index contributed by atoms with van der Waals surface area (Å²) in [7, 11) is 1.85. The molecule has 1 rings (SSSR count). The molecule has 0 bridgehead atoms. The first-order valence-corrected chi connectivity index (χ1v) is 7.84. The fraction of sp³-hybridized carbons (Fsp3) is 1.00. The molecule has 1 saturated carbocycles. The topological polar surface area (TPSA) is 47.3 Å². The van der Waals surface area contributed by atoms with Crippen LogP contribution in [0.4, 0.5) is 0 Å². The Bertz CT molecular complexity index is 262. The molecule has 0 aromatic carbocycles. The minimum absolute atomic E-state index is 0.0513. The van der Waals surface area contributed by atoms with Gasteiger partial charge in [0.2, 0.25) is 0 Å². The molecule has 0 amide bonds. The number of hydrazine groups is 1. The van der Waals surface area contributed by atoms with Crippen LogP contribution in [-0.2, 0) is 4.74 Å². The Hall–Kier alpha value is -0.120. The summed E-state index contributed by atoms with van der Waals surface area (Å²) in [4.78, 5) is 0. The zero-order chi connectivity index (χ0) is 14.5. The minimum Gasteiger partial charge on any atom is -0.377 e. The molecule has 0 aliphatic heterocycles. The molecule has 3 nitrogen and oxygen atoms in total. The van der Waals surface area contributed by atoms with E-state index in [1.165, 1.54) is 25.7 Å². The third-order valence-electron chi connectivity index (χ3n) is 4.65. The van der Waals surface area contributed by atoms with Gasteiger partial charge in [0.05, 0.1) is 11.6 Å². The van der Waals surface area contributed by atoms with Crippen molar-refractivity contribution in [2.45, 2.75) is 84.3 Å². The number of ether oxygens (including phenoxy) is 1. The lowest BCUT2D eigenvalue weighted by Gasteiger charge is -2.44. The van der Waals surface area contributed by atoms with Crippen LogP contribution in [0.15, 0.2) is 0 Å². The quantitative estimate of drug-likeness (QED) is 0.572. The average Bonchev–Trinajstić information content (AvgIpc) is 2.33. The molecule has 1 aliphatic carbocycles. The molecule has 3 N–H and O–H groups in total. The molecular weight excluding hydrogens is 236 g/mol. The predicted octanol–water partition coefficient (Wildman–Crippen LogP) is 3.63. The second-order valence-corrected chi connectivity index (χ2v) is 7.64. The summed E-state index contributed by atoms with van der Waals surface area (Å²) in [6.45, 7) is 9.22. The maximum absolute atomic E-state index is 5.94. The highest BCUT2D eigenvalue weighted by atomic mass is 16.5. The van der Waals surface area contributed by atoms with Gasteiger partial charge in [-0.1, -0.05) is 47.0 Å². The molecular formula is C16H34N2O. The fourth-order valence-corrected chi connectivity index (χ4v) is 3.52. The number of nitrogens with two attached hydrogens (primary N) is 1. The van der Waals surface area contributed by atoms with Gasteiger partial charge in [0.25, 0.3) is 0 Å². The van der Waals surface area contributed by atoms with E-state index in [2.05, 4.69) is 33.1 Å². The summed E-state index contributed by atoms with van der Waals surface area (Å²) in [6.07, 6.45) is 8.40. The molecule has 3 unspecified atom stereocenters. The molecule has 3 atom stereocenters. The van der Waals surface area contributed by atoms with Gasteiger partial charge in [-0.3, -0.25) is 11.3 Å². The lowest BCUT2D eigenvalue weighted by Crippen LogP contribution is -2.56. The molecule has 1 aliphatic rings. The lowest BCUT2D eigenvalue weighted by molar-refractivity contribution is -0.0817. The first-order valence-electron chi connectivity index (χ1n) is 7.84. The monoisotopic (exact) mass is 270 g/mol. The van der Waals surface area contributed by atoms with Crippen molar-refractivity contribution in [2.75, 3.05) is 7.11 Å². The van der Waals surface area contributed by atoms with Gasteiger partial charge >= 0.3 is 0 Å². The normalized spacial score (nSPS) is 30.3. The van der Waals surface area contributed by atoms with E-state index < -0.39 is 0 Å². The highest BCUT2D eigenvalue weighted by molar-refractivity contribution is 4.96. The van der Waals surface area contributed by atoms with Crippen molar-refractivity contribution in [2.24, 2.45) is 17.2 Å². The average molecular weight is 270 g/mol. The van der Waals surface area contributed by atoms with E-state index in [0.717, 1.165) is 25.2 Å². The summed E-state index contributed by atoms with van der Waals surface area (Å²) >= 11 is 0. The Morgan fingerprint density at radius 2 is 2.11 bits per heavy atom. The van der Waals surface area contributed by atoms with Gasteiger partial charge in [0.15, 0.2) is 0 Å². The van der Waals surface area contributed by atoms with Gasteiger partial charge < -0.3 is 4.74 Å². The summed E-state index contributed by atoms with van der Waals surface area (Å²) in [5.41, 5.74) is 3.40. The van der Waals surface area contributed by atoms with Gasteiger partial charge in [-0.05, 0) is 37.0 Å². The van der Waals surface area contributed by atoms with Crippen molar-refractivity contribution >= 4 is 0 Å². The van der Waals surface area contributed by atoms with Crippen LogP contribution in [0.3, 0.4) is 0 Å². The number of methoxy groups -OCH3 is 1. The van der Waals surface area contributed by atoms with E-state index in [0.29, 0.717) is 5.41 Å². The molecule has 0 saturated heterocycles. The number of nitrogens with one attached hydrogen (secondary N) is 1. The molecule has 0 radical (unpaired) electrons. The molecule has 114 valence electrons. The van der Waals surface area contributed by atoms with E-state index in [1.54, 1.807) is 0 Å². The first-order chi connectivity index (χ1) is 8.83. The van der Waals surface area contributed by atoms with Crippen molar-refractivity contribution in [3.8, 4) is 0 Å². The van der Waals surface area contributed by atoms with Crippen molar-refractivity contribution in [3.63, 3.8) is 0 Å². The summed E-state index contributed by atoms with van der Waals surface area (Å²) in [5, 5.41) is 0. The van der Waals surface area contributed by atoms with Crippen LogP contribution in [0.25, 0.3) is 0 Å². The van der Waals surface area contributed by atoms with Crippen molar-refractivity contribution < 1.29 is 4.74 Å². The van der Waals surface area contributed by atoms with Crippen LogP contribution in [-0.4, -0.2) is 18.8 Å². The Morgan fingerprint density at radius 3 is 2.58 bits per heavy atom. The van der Waals surface area contributed by atoms with Gasteiger partial charge in [-0.25, -0.2) is 0 Å². The van der Waals surface area contributed by atoms with E-state index in [9.17, 15) is 0 Å². The molecule has 0 heterocycles. The third kappa shape index (κ3) is 5.05. The standard InChI is InChI=1S/C16H34N2O/c1-13-8-6-11-16(12-13,19-5)14(18-17)9-7-10-15(2,3)4/h13-14,18H,6-12,17H2,1-5H3. The SMILES string of the molecule is COC1(C(CCCC(C)(C)C)NN)CCCC(C)C1. The predicted molar refractivity (Wildman–Crippen MR) is 81.8 cm³/mol. The van der Waals surface area contributed by atoms with Crippen molar-refractivity contribution in [1.82, 2.24) is 5.43 Å². The molecule has 1 fully saturated rings. The Morgan fingerprint density at radius 1 is 1.42 bits per heavy atom. The largest absolute Gasteiger partial charge is 0.377 e. The minimum atomic E-state index is -0.0513. The van der Waals surface area contributed by atoms with Crippen LogP contribution in [0.5, 0.6) is 0 Å². The summed E-state index contributed by atoms with van der Waals surface area (Å²) in [5.74, 6) is 6.57. The van der Waals surface area contributed by atoms with Crippen LogP contribution in [0, 0.1) is 11.3 Å². The fourth-order valence-electron chi connectivity index (χ4n) is 3.52. The number of rotatable bonds is 6. The molecule has 19 heavy (non-hydrogen) atoms. The Kier molecular flexibility index (Phi) is 6.28. The van der Waals surface area contributed by atoms with Crippen LogP contribution in [0.1, 0.15) is 72.6 Å². The Labute approximate surface area is 119 Å². The van der Waals surface area contributed by atoms with Crippen LogP contribution in [0.2, 0.25) is 0 Å². The second-order valence-electron chi connectivity index (χ2n) is 7.64. The summed E-state index contributed by atoms with van der Waals surface area (Å²) < 4.78 is 5.94. The van der Waals surface area contributed by atoms with E-state index in [1.807, 2.05) is 7.11 Å². The van der Waals surface area contributed by atoms with Crippen molar-refractivity contribution in [3.05, 3.63) is 0 Å². The van der Waals surface area contributed by atoms with Crippen LogP contribution >= 0.6 is 0 Å². The molecule has 0 aromatic heterocycles. The van der Waals surface area contributed by atoms with Gasteiger partial charge in [-0.15, -0.1) is 0 Å². The molecule has 0 aromatic rings. The second kappa shape index (κ2) is 7.05. The van der Waals surface area contributed by atoms with E-state index in [-0.39, 0.29) is 11.6 Å². The number of hydrogen-bond acceptors (Lipinski definition) is 3. The number of hydrogen-bond donors (Lipinski definition) is 2. The molecule has 0 spiro atoms. The Balaban J connectivity index is 2.59. The van der Waals surface area contributed by atoms with Gasteiger partial charge in [-0.2, -0.15) is 0 Å². The van der Waals surface area contributed by atoms with Crippen LogP contribution < -0.4 is 11.3 Å². The lowest BCUT2D eigenvalue weighted by atomic mass is 9.73. The zero-order valence-corrected chi connectivity index (χ0v) is 13.6. The molecule has 3 heteroatoms. The van der Waals surface area contributed by atoms with Gasteiger partial charge in [0, 0.05) is 7.11 Å². The maximum atomic E-state index is 5.94. The van der Waals surface area contributed by atoms with Crippen molar-refractivity contribution in [1.29, 1.82) is 0 Å². The smallest absolute Gasteiger partial charge is 0.0846 e. The first kappa shape index (κ1) is 16.9. The maximum Gasteiger partial charge on any atom is 0.0846 e. The highest BCUT2D eigenvalue weighted by Crippen LogP contribution is 2.38. The highest BCUT2D eigenvalue weighted by Gasteiger charge is 2.41. The van der Waals surface area contributed by atoms with E-state index >= 15 is 0 Å². The summed E-state index contributed by atoms with van der Waals surface area (Å²) in [6, 6.07) is 0.280. The zero-order valence-electron chi connectivity index (χ0n) is 13.6.